The summed E-state index contributed by atoms with van der Waals surface area (Å²) in [4.78, 5) is 0. The van der Waals surface area contributed by atoms with E-state index >= 15 is 0 Å². The highest BCUT2D eigenvalue weighted by Crippen LogP contribution is 2.34. The number of hydrogen-bond donors (Lipinski definition) is 0. The Labute approximate surface area is 123 Å². The predicted octanol–water partition coefficient (Wildman–Crippen LogP) is 5.81. The molecule has 0 heterocycles. The first kappa shape index (κ1) is 15.6. The average molecular weight is 292 g/mol. The van der Waals surface area contributed by atoms with Crippen LogP contribution in [0.15, 0.2) is 48.6 Å². The fourth-order valence-corrected chi connectivity index (χ4v) is 2.62. The summed E-state index contributed by atoms with van der Waals surface area (Å²) in [6.45, 7) is 5.91. The molecule has 1 aromatic carbocycles. The van der Waals surface area contributed by atoms with E-state index in [0.29, 0.717) is 6.42 Å². The molecule has 0 spiro atoms. The predicted molar refractivity (Wildman–Crippen MR) is 81.2 cm³/mol. The van der Waals surface area contributed by atoms with Gasteiger partial charge in [-0.05, 0) is 29.5 Å². The minimum absolute atomic E-state index is 0.0190. The zero-order chi connectivity index (χ0) is 15.5. The van der Waals surface area contributed by atoms with Crippen molar-refractivity contribution in [2.75, 3.05) is 0 Å². The maximum atomic E-state index is 12.6. The average Bonchev–Trinajstić information content (AvgIpc) is 2.47. The monoisotopic (exact) mass is 292 g/mol. The fourth-order valence-electron chi connectivity index (χ4n) is 2.62. The van der Waals surface area contributed by atoms with Crippen LogP contribution in [0, 0.1) is 0 Å². The van der Waals surface area contributed by atoms with E-state index in [4.69, 9.17) is 0 Å². The van der Waals surface area contributed by atoms with Crippen LogP contribution in [-0.2, 0) is 6.42 Å². The smallest absolute Gasteiger partial charge is 0.166 e. The van der Waals surface area contributed by atoms with Crippen LogP contribution in [0.5, 0.6) is 0 Å². The topological polar surface area (TPSA) is 0 Å². The summed E-state index contributed by atoms with van der Waals surface area (Å²) in [6.07, 6.45) is 4.08. The third-order valence-electron chi connectivity index (χ3n) is 3.76. The number of rotatable bonds is 4. The lowest BCUT2D eigenvalue weighted by atomic mass is 9.87. The van der Waals surface area contributed by atoms with Gasteiger partial charge in [0.25, 0.3) is 0 Å². The Bertz CT molecular complexity index is 577. The molecule has 21 heavy (non-hydrogen) atoms. The summed E-state index contributed by atoms with van der Waals surface area (Å²) < 4.78 is 37.8. The van der Waals surface area contributed by atoms with E-state index in [1.165, 1.54) is 17.7 Å². The Balaban J connectivity index is 2.21. The van der Waals surface area contributed by atoms with Crippen molar-refractivity contribution in [3.05, 3.63) is 65.3 Å². The maximum Gasteiger partial charge on any atom is 0.416 e. The van der Waals surface area contributed by atoms with Crippen molar-refractivity contribution in [3.63, 3.8) is 0 Å². The fraction of sp³-hybridized carbons (Fsp3) is 0.333. The highest BCUT2D eigenvalue weighted by molar-refractivity contribution is 5.54. The molecule has 1 atom stereocenters. The Kier molecular flexibility index (Phi) is 4.71. The quantitative estimate of drug-likeness (QED) is 0.656. The number of aryl methyl sites for hydroxylation is 1. The van der Waals surface area contributed by atoms with Gasteiger partial charge in [0.1, 0.15) is 0 Å². The molecule has 0 saturated carbocycles. The second kappa shape index (κ2) is 6.33. The number of benzene rings is 1. The highest BCUT2D eigenvalue weighted by atomic mass is 19.4. The van der Waals surface area contributed by atoms with E-state index in [2.05, 4.69) is 19.6 Å². The number of hydrogen-bond acceptors (Lipinski definition) is 0. The molecule has 0 bridgehead atoms. The van der Waals surface area contributed by atoms with Crippen LogP contribution in [-0.4, -0.2) is 6.18 Å². The molecule has 0 fully saturated rings. The Hall–Kier alpha value is -1.77. The molecule has 2 rings (SSSR count). The van der Waals surface area contributed by atoms with Crippen molar-refractivity contribution in [2.45, 2.75) is 38.3 Å². The van der Waals surface area contributed by atoms with Gasteiger partial charge < -0.3 is 0 Å². The summed E-state index contributed by atoms with van der Waals surface area (Å²) in [5.74, 6) is 0.0190. The molecule has 0 N–H and O–H groups in total. The number of halogens is 3. The van der Waals surface area contributed by atoms with E-state index in [-0.39, 0.29) is 5.92 Å². The van der Waals surface area contributed by atoms with Crippen LogP contribution in [0.4, 0.5) is 13.2 Å². The van der Waals surface area contributed by atoms with Crippen LogP contribution in [0.2, 0.25) is 0 Å². The molecule has 0 radical (unpaired) electrons. The molecule has 0 saturated heterocycles. The minimum Gasteiger partial charge on any atom is -0.166 e. The molecule has 0 aliphatic heterocycles. The lowest BCUT2D eigenvalue weighted by Gasteiger charge is -2.19. The summed E-state index contributed by atoms with van der Waals surface area (Å²) >= 11 is 0. The summed E-state index contributed by atoms with van der Waals surface area (Å²) in [6, 6.07) is 6.09. The first-order chi connectivity index (χ1) is 9.95. The summed E-state index contributed by atoms with van der Waals surface area (Å²) in [5, 5.41) is 0. The van der Waals surface area contributed by atoms with Crippen molar-refractivity contribution < 1.29 is 13.2 Å². The van der Waals surface area contributed by atoms with Crippen molar-refractivity contribution in [2.24, 2.45) is 0 Å². The van der Waals surface area contributed by atoms with Crippen molar-refractivity contribution in [3.8, 4) is 0 Å². The molecule has 112 valence electrons. The Morgan fingerprint density at radius 1 is 1.33 bits per heavy atom. The second-order valence-corrected chi connectivity index (χ2v) is 5.27. The number of allylic oxidation sites excluding steroid dienone is 4. The van der Waals surface area contributed by atoms with Crippen LogP contribution in [0.25, 0.3) is 6.08 Å². The van der Waals surface area contributed by atoms with Gasteiger partial charge in [0.05, 0.1) is 5.57 Å². The van der Waals surface area contributed by atoms with E-state index in [0.717, 1.165) is 24.0 Å². The van der Waals surface area contributed by atoms with Gasteiger partial charge in [-0.1, -0.05) is 62.4 Å². The first-order valence-electron chi connectivity index (χ1n) is 7.16. The molecule has 1 aliphatic carbocycles. The van der Waals surface area contributed by atoms with Crippen LogP contribution < -0.4 is 0 Å². The maximum absolute atomic E-state index is 12.6. The van der Waals surface area contributed by atoms with E-state index < -0.39 is 11.7 Å². The second-order valence-electron chi connectivity index (χ2n) is 5.27. The van der Waals surface area contributed by atoms with Crippen LogP contribution >= 0.6 is 0 Å². The zero-order valence-corrected chi connectivity index (χ0v) is 12.1. The van der Waals surface area contributed by atoms with Gasteiger partial charge in [0, 0.05) is 5.92 Å². The molecular formula is C18H19F3. The van der Waals surface area contributed by atoms with Crippen molar-refractivity contribution >= 4 is 6.08 Å². The van der Waals surface area contributed by atoms with Gasteiger partial charge in [0.15, 0.2) is 0 Å². The van der Waals surface area contributed by atoms with Gasteiger partial charge in [0.2, 0.25) is 0 Å². The lowest BCUT2D eigenvalue weighted by Crippen LogP contribution is -2.13. The van der Waals surface area contributed by atoms with E-state index in [1.807, 2.05) is 18.2 Å². The van der Waals surface area contributed by atoms with Gasteiger partial charge in [-0.3, -0.25) is 0 Å². The highest BCUT2D eigenvalue weighted by Gasteiger charge is 2.33. The van der Waals surface area contributed by atoms with Gasteiger partial charge in [-0.15, -0.1) is 0 Å². The lowest BCUT2D eigenvalue weighted by molar-refractivity contribution is -0.0886. The Morgan fingerprint density at radius 3 is 2.62 bits per heavy atom. The third kappa shape index (κ3) is 3.66. The third-order valence-corrected chi connectivity index (χ3v) is 3.76. The van der Waals surface area contributed by atoms with Crippen molar-refractivity contribution in [1.82, 2.24) is 0 Å². The molecule has 1 unspecified atom stereocenters. The number of alkyl halides is 3. The van der Waals surface area contributed by atoms with Crippen LogP contribution in [0.3, 0.4) is 0 Å². The molecule has 1 aliphatic rings. The van der Waals surface area contributed by atoms with Crippen LogP contribution in [0.1, 0.15) is 42.4 Å². The molecule has 1 aromatic rings. The van der Waals surface area contributed by atoms with Gasteiger partial charge >= 0.3 is 6.18 Å². The summed E-state index contributed by atoms with van der Waals surface area (Å²) in [5.41, 5.74) is 2.84. The standard InChI is InChI=1S/C18H19F3/c1-3-5-15-12-16(7-6-13(15)4-2)14-8-10-17(11-9-14)18(19,20)21/h4,6-8,10-12,14H,2-3,5,9H2,1H3. The zero-order valence-electron chi connectivity index (χ0n) is 12.1. The Morgan fingerprint density at radius 2 is 2.10 bits per heavy atom. The molecule has 0 amide bonds. The van der Waals surface area contributed by atoms with E-state index in [1.54, 1.807) is 6.08 Å². The SMILES string of the molecule is C=Cc1ccc(C2C=CC(C(F)(F)F)=CC2)cc1CCC. The molecule has 0 aromatic heterocycles. The van der Waals surface area contributed by atoms with E-state index in [9.17, 15) is 13.2 Å². The first-order valence-corrected chi connectivity index (χ1v) is 7.16. The van der Waals surface area contributed by atoms with Gasteiger partial charge in [-0.25, -0.2) is 0 Å². The largest absolute Gasteiger partial charge is 0.416 e. The normalized spacial score (nSPS) is 18.5. The molecular weight excluding hydrogens is 273 g/mol. The summed E-state index contributed by atoms with van der Waals surface area (Å²) in [7, 11) is 0. The minimum atomic E-state index is -4.25. The van der Waals surface area contributed by atoms with Crippen molar-refractivity contribution in [1.29, 1.82) is 0 Å². The van der Waals surface area contributed by atoms with Gasteiger partial charge in [-0.2, -0.15) is 13.2 Å². The molecule has 3 heteroatoms. The molecule has 0 nitrogen and oxygen atoms in total.